The predicted molar refractivity (Wildman–Crippen MR) is 134 cm³/mol. The third-order valence-electron chi connectivity index (χ3n) is 4.01. The molecule has 0 aliphatic rings. The van der Waals surface area contributed by atoms with Gasteiger partial charge in [0.15, 0.2) is 5.96 Å². The zero-order chi connectivity index (χ0) is 21.1. The zero-order valence-electron chi connectivity index (χ0n) is 18.2. The van der Waals surface area contributed by atoms with Gasteiger partial charge in [0.05, 0.1) is 25.4 Å². The van der Waals surface area contributed by atoms with E-state index in [0.29, 0.717) is 38.1 Å². The number of benzene rings is 2. The van der Waals surface area contributed by atoms with Crippen molar-refractivity contribution in [3.05, 3.63) is 48.0 Å². The number of ether oxygens (including phenoxy) is 3. The number of nitrogens with two attached hydrogens (primary N) is 1. The molecule has 2 rings (SSSR count). The number of para-hydroxylation sites is 1. The molecule has 0 unspecified atom stereocenters. The maximum absolute atomic E-state index is 6.13. The Morgan fingerprint density at radius 1 is 1.00 bits per heavy atom. The number of rotatable bonds is 11. The third-order valence-corrected chi connectivity index (χ3v) is 4.01. The summed E-state index contributed by atoms with van der Waals surface area (Å²) in [5, 5.41) is 3.12. The van der Waals surface area contributed by atoms with E-state index in [-0.39, 0.29) is 24.0 Å². The Labute approximate surface area is 196 Å². The number of aliphatic imine (C=N–C) groups is 1. The molecule has 0 amide bonds. The first kappa shape index (κ1) is 25.8. The largest absolute Gasteiger partial charge is 0.494 e. The summed E-state index contributed by atoms with van der Waals surface area (Å²) in [6.07, 6.45) is 0. The fourth-order valence-electron chi connectivity index (χ4n) is 2.61. The van der Waals surface area contributed by atoms with Crippen LogP contribution in [0.4, 0.5) is 5.69 Å². The van der Waals surface area contributed by atoms with Gasteiger partial charge in [-0.25, -0.2) is 4.99 Å². The van der Waals surface area contributed by atoms with Crippen LogP contribution < -0.4 is 25.3 Å². The Hall–Kier alpha value is -2.20. The van der Waals surface area contributed by atoms with Gasteiger partial charge in [-0.2, -0.15) is 0 Å². The average Bonchev–Trinajstić information content (AvgIpc) is 2.69. The second kappa shape index (κ2) is 13.9. The molecule has 166 valence electrons. The van der Waals surface area contributed by atoms with E-state index in [9.17, 15) is 0 Å². The van der Waals surface area contributed by atoms with Gasteiger partial charge in [-0.05, 0) is 46.1 Å². The number of hydrogen-bond donors (Lipinski definition) is 2. The minimum absolute atomic E-state index is 0. The van der Waals surface area contributed by atoms with Crippen LogP contribution >= 0.6 is 24.0 Å². The van der Waals surface area contributed by atoms with E-state index in [1.54, 1.807) is 0 Å². The molecule has 0 spiro atoms. The van der Waals surface area contributed by atoms with Crippen LogP contribution in [0.3, 0.4) is 0 Å². The second-order valence-electron chi connectivity index (χ2n) is 6.61. The lowest BCUT2D eigenvalue weighted by atomic mass is 10.2. The highest BCUT2D eigenvalue weighted by atomic mass is 127. The highest BCUT2D eigenvalue weighted by Gasteiger charge is 2.08. The summed E-state index contributed by atoms with van der Waals surface area (Å²) >= 11 is 0. The van der Waals surface area contributed by atoms with Crippen molar-refractivity contribution >= 4 is 35.6 Å². The second-order valence-corrected chi connectivity index (χ2v) is 6.61. The molecule has 0 radical (unpaired) electrons. The van der Waals surface area contributed by atoms with Crippen molar-refractivity contribution in [3.63, 3.8) is 0 Å². The molecule has 0 heterocycles. The maximum atomic E-state index is 6.13. The topological polar surface area (TPSA) is 81.3 Å². The first-order chi connectivity index (χ1) is 14.0. The monoisotopic (exact) mass is 528 g/mol. The predicted octanol–water partition coefficient (Wildman–Crippen LogP) is 3.97. The molecule has 3 N–H and O–H groups in total. The van der Waals surface area contributed by atoms with E-state index in [4.69, 9.17) is 19.9 Å². The summed E-state index contributed by atoms with van der Waals surface area (Å²) in [6.45, 7) is 6.88. The molecule has 30 heavy (non-hydrogen) atoms. The van der Waals surface area contributed by atoms with Gasteiger partial charge in [-0.3, -0.25) is 0 Å². The highest BCUT2D eigenvalue weighted by Crippen LogP contribution is 2.29. The van der Waals surface area contributed by atoms with Gasteiger partial charge >= 0.3 is 0 Å². The van der Waals surface area contributed by atoms with Crippen molar-refractivity contribution in [2.45, 2.75) is 20.4 Å². The number of anilines is 1. The van der Waals surface area contributed by atoms with Crippen molar-refractivity contribution in [1.29, 1.82) is 0 Å². The molecule has 0 atom stereocenters. The Balaban J connectivity index is 0.00000450. The molecule has 2 aromatic carbocycles. The van der Waals surface area contributed by atoms with Crippen LogP contribution in [-0.4, -0.2) is 51.3 Å². The van der Waals surface area contributed by atoms with E-state index >= 15 is 0 Å². The molecular weight excluding hydrogens is 495 g/mol. The molecule has 0 aliphatic heterocycles. The third kappa shape index (κ3) is 8.66. The van der Waals surface area contributed by atoms with Crippen LogP contribution in [0.2, 0.25) is 0 Å². The van der Waals surface area contributed by atoms with Crippen LogP contribution in [0.1, 0.15) is 19.4 Å². The van der Waals surface area contributed by atoms with Crippen LogP contribution in [0.5, 0.6) is 17.2 Å². The number of hydrogen-bond acceptors (Lipinski definition) is 5. The summed E-state index contributed by atoms with van der Waals surface area (Å²) in [5.41, 5.74) is 7.82. The number of nitrogens with zero attached hydrogens (tertiary/aromatic N) is 2. The average molecular weight is 528 g/mol. The minimum atomic E-state index is 0. The van der Waals surface area contributed by atoms with Crippen molar-refractivity contribution in [1.82, 2.24) is 4.90 Å². The molecule has 0 bridgehead atoms. The van der Waals surface area contributed by atoms with Crippen LogP contribution in [0.25, 0.3) is 0 Å². The van der Waals surface area contributed by atoms with Crippen LogP contribution in [0, 0.1) is 0 Å². The molecule has 0 saturated carbocycles. The van der Waals surface area contributed by atoms with Gasteiger partial charge < -0.3 is 30.2 Å². The first-order valence-electron chi connectivity index (χ1n) is 9.85. The van der Waals surface area contributed by atoms with E-state index < -0.39 is 0 Å². The van der Waals surface area contributed by atoms with E-state index in [0.717, 1.165) is 29.3 Å². The molecule has 8 heteroatoms. The standard InChI is InChI=1S/C22H32N4O3.HI/c1-5-27-18-11-12-21(28-6-2)19(15-18)25-22(23)24-16-17-9-7-8-10-20(17)29-14-13-26(3)4;/h7-12,15H,5-6,13-14,16H2,1-4H3,(H3,23,24,25);1H. The van der Waals surface area contributed by atoms with Gasteiger partial charge in [-0.15, -0.1) is 24.0 Å². The van der Waals surface area contributed by atoms with Crippen molar-refractivity contribution in [2.24, 2.45) is 10.7 Å². The number of nitrogens with one attached hydrogen (secondary N) is 1. The fourth-order valence-corrected chi connectivity index (χ4v) is 2.61. The fraction of sp³-hybridized carbons (Fsp3) is 0.409. The summed E-state index contributed by atoms with van der Waals surface area (Å²) in [7, 11) is 4.03. The number of likely N-dealkylation sites (N-methyl/N-ethyl adjacent to an activating group) is 1. The smallest absolute Gasteiger partial charge is 0.193 e. The highest BCUT2D eigenvalue weighted by molar-refractivity contribution is 14.0. The lowest BCUT2D eigenvalue weighted by Gasteiger charge is -2.15. The summed E-state index contributed by atoms with van der Waals surface area (Å²) in [5.74, 6) is 2.55. The molecule has 0 aliphatic carbocycles. The summed E-state index contributed by atoms with van der Waals surface area (Å²) < 4.78 is 17.1. The van der Waals surface area contributed by atoms with Crippen molar-refractivity contribution in [3.8, 4) is 17.2 Å². The molecule has 0 aromatic heterocycles. The van der Waals surface area contributed by atoms with Crippen molar-refractivity contribution in [2.75, 3.05) is 45.8 Å². The van der Waals surface area contributed by atoms with Gasteiger partial charge in [0.2, 0.25) is 0 Å². The Kier molecular flexibility index (Phi) is 12.0. The van der Waals surface area contributed by atoms with E-state index in [1.807, 2.05) is 70.4 Å². The number of guanidine groups is 1. The van der Waals surface area contributed by atoms with Gasteiger partial charge in [0.25, 0.3) is 0 Å². The van der Waals surface area contributed by atoms with Crippen LogP contribution in [-0.2, 0) is 6.54 Å². The normalized spacial score (nSPS) is 11.0. The Morgan fingerprint density at radius 3 is 2.43 bits per heavy atom. The molecular formula is C22H33IN4O3. The lowest BCUT2D eigenvalue weighted by molar-refractivity contribution is 0.259. The quantitative estimate of drug-likeness (QED) is 0.261. The molecule has 7 nitrogen and oxygen atoms in total. The van der Waals surface area contributed by atoms with Gasteiger partial charge in [0, 0.05) is 18.2 Å². The van der Waals surface area contributed by atoms with Gasteiger partial charge in [0.1, 0.15) is 23.9 Å². The van der Waals surface area contributed by atoms with E-state index in [2.05, 4.69) is 15.2 Å². The SMILES string of the molecule is CCOc1ccc(OCC)c(NC(N)=NCc2ccccc2OCCN(C)C)c1.I. The summed E-state index contributed by atoms with van der Waals surface area (Å²) in [6, 6.07) is 13.4. The zero-order valence-corrected chi connectivity index (χ0v) is 20.5. The Bertz CT molecular complexity index is 800. The first-order valence-corrected chi connectivity index (χ1v) is 9.85. The van der Waals surface area contributed by atoms with Gasteiger partial charge in [-0.1, -0.05) is 18.2 Å². The number of halogens is 1. The van der Waals surface area contributed by atoms with Crippen LogP contribution in [0.15, 0.2) is 47.5 Å². The Morgan fingerprint density at radius 2 is 1.73 bits per heavy atom. The lowest BCUT2D eigenvalue weighted by Crippen LogP contribution is -2.23. The van der Waals surface area contributed by atoms with E-state index in [1.165, 1.54) is 0 Å². The molecule has 2 aromatic rings. The molecule has 0 fully saturated rings. The summed E-state index contributed by atoms with van der Waals surface area (Å²) in [4.78, 5) is 6.55. The molecule has 0 saturated heterocycles. The maximum Gasteiger partial charge on any atom is 0.193 e. The van der Waals surface area contributed by atoms with Crippen molar-refractivity contribution < 1.29 is 14.2 Å². The minimum Gasteiger partial charge on any atom is -0.494 e.